The fourth-order valence-corrected chi connectivity index (χ4v) is 2.29. The van der Waals surface area contributed by atoms with E-state index in [0.29, 0.717) is 0 Å². The van der Waals surface area contributed by atoms with Gasteiger partial charge in [-0.2, -0.15) is 0 Å². The number of benzene rings is 2. The summed E-state index contributed by atoms with van der Waals surface area (Å²) in [5, 5.41) is 0. The Morgan fingerprint density at radius 2 is 1.22 bits per heavy atom. The fraction of sp³-hybridized carbons (Fsp3) is 0.294. The monoisotopic (exact) mass is 241 g/mol. The first-order valence-electron chi connectivity index (χ1n) is 6.51. The van der Waals surface area contributed by atoms with E-state index >= 15 is 0 Å². The lowest BCUT2D eigenvalue weighted by atomic mass is 9.94. The molecular weight excluding hydrogens is 218 g/mol. The minimum absolute atomic E-state index is 0.811. The Labute approximate surface area is 111 Å². The summed E-state index contributed by atoms with van der Waals surface area (Å²) >= 11 is 0. The van der Waals surface area contributed by atoms with E-state index in [0.717, 1.165) is 5.69 Å². The summed E-state index contributed by atoms with van der Waals surface area (Å²) < 4.78 is 0. The Morgan fingerprint density at radius 1 is 0.778 bits per heavy atom. The first-order chi connectivity index (χ1) is 8.58. The minimum Gasteiger partial charge on any atom is -0.399 e. The molecule has 2 N–H and O–H groups in total. The highest BCUT2D eigenvalue weighted by atomic mass is 14.5. The number of nitrogen functional groups attached to an aromatic ring is 1. The van der Waals surface area contributed by atoms with Gasteiger partial charge in [0, 0.05) is 5.69 Å². The van der Waals surface area contributed by atoms with Crippen molar-refractivity contribution < 1.29 is 0 Å². The lowest BCUT2D eigenvalue weighted by molar-refractivity contribution is 1.32. The van der Waals surface area contributed by atoms with Crippen molar-refractivity contribution in [1.29, 1.82) is 0 Å². The zero-order valence-corrected chi connectivity index (χ0v) is 12.0. The van der Waals surface area contributed by atoms with Crippen LogP contribution in [-0.2, 0) is 0 Å². The van der Waals surface area contributed by atoms with Crippen molar-refractivity contribution >= 4 is 5.69 Å². The Hall–Kier alpha value is -1.76. The third-order valence-corrected chi connectivity index (χ3v) is 2.88. The van der Waals surface area contributed by atoms with Crippen LogP contribution in [0.25, 0.3) is 11.1 Å². The van der Waals surface area contributed by atoms with Gasteiger partial charge in [0.15, 0.2) is 0 Å². The molecule has 0 aromatic heterocycles. The quantitative estimate of drug-likeness (QED) is 0.707. The van der Waals surface area contributed by atoms with Crippen molar-refractivity contribution in [2.45, 2.75) is 34.6 Å². The Bertz CT molecular complexity index is 487. The molecule has 2 rings (SSSR count). The molecule has 0 saturated carbocycles. The van der Waals surface area contributed by atoms with Crippen LogP contribution < -0.4 is 5.73 Å². The van der Waals surface area contributed by atoms with Crippen LogP contribution >= 0.6 is 0 Å². The molecule has 0 bridgehead atoms. The van der Waals surface area contributed by atoms with Crippen LogP contribution in [0, 0.1) is 20.8 Å². The molecule has 0 atom stereocenters. The molecular formula is C17H23N. The average molecular weight is 241 g/mol. The van der Waals surface area contributed by atoms with Gasteiger partial charge < -0.3 is 5.73 Å². The number of anilines is 1. The molecule has 0 aliphatic rings. The molecule has 0 saturated heterocycles. The van der Waals surface area contributed by atoms with Crippen LogP contribution in [0.1, 0.15) is 30.5 Å². The predicted octanol–water partition coefficient (Wildman–Crippen LogP) is 4.89. The van der Waals surface area contributed by atoms with Gasteiger partial charge in [-0.15, -0.1) is 0 Å². The van der Waals surface area contributed by atoms with Crippen molar-refractivity contribution in [2.24, 2.45) is 0 Å². The second-order valence-electron chi connectivity index (χ2n) is 4.40. The van der Waals surface area contributed by atoms with Gasteiger partial charge in [0.2, 0.25) is 0 Å². The molecule has 0 unspecified atom stereocenters. The predicted molar refractivity (Wildman–Crippen MR) is 81.8 cm³/mol. The number of aryl methyl sites for hydroxylation is 3. The van der Waals surface area contributed by atoms with Gasteiger partial charge in [-0.1, -0.05) is 43.7 Å². The summed E-state index contributed by atoms with van der Waals surface area (Å²) in [4.78, 5) is 0. The van der Waals surface area contributed by atoms with Gasteiger partial charge in [-0.3, -0.25) is 0 Å². The molecule has 0 radical (unpaired) electrons. The third-order valence-electron chi connectivity index (χ3n) is 2.88. The first-order valence-corrected chi connectivity index (χ1v) is 6.51. The Balaban J connectivity index is 0.000000771. The second-order valence-corrected chi connectivity index (χ2v) is 4.40. The van der Waals surface area contributed by atoms with Gasteiger partial charge in [-0.05, 0) is 55.2 Å². The smallest absolute Gasteiger partial charge is 0.0314 e. The van der Waals surface area contributed by atoms with Crippen LogP contribution in [0.3, 0.4) is 0 Å². The summed E-state index contributed by atoms with van der Waals surface area (Å²) in [6.45, 7) is 10.4. The van der Waals surface area contributed by atoms with E-state index in [9.17, 15) is 0 Å². The first kappa shape index (κ1) is 14.3. The van der Waals surface area contributed by atoms with E-state index in [2.05, 4.69) is 45.0 Å². The molecule has 0 heterocycles. The van der Waals surface area contributed by atoms with Gasteiger partial charge in [-0.25, -0.2) is 0 Å². The van der Waals surface area contributed by atoms with Gasteiger partial charge in [0.05, 0.1) is 0 Å². The highest BCUT2D eigenvalue weighted by Crippen LogP contribution is 2.28. The molecule has 2 aromatic rings. The van der Waals surface area contributed by atoms with Crippen molar-refractivity contribution in [2.75, 3.05) is 5.73 Å². The van der Waals surface area contributed by atoms with Crippen LogP contribution in [0.4, 0.5) is 5.69 Å². The molecule has 0 spiro atoms. The highest BCUT2D eigenvalue weighted by Gasteiger charge is 2.05. The van der Waals surface area contributed by atoms with Crippen molar-refractivity contribution in [3.8, 4) is 11.1 Å². The third kappa shape index (κ3) is 3.13. The summed E-state index contributed by atoms with van der Waals surface area (Å²) in [7, 11) is 0. The molecule has 96 valence electrons. The maximum absolute atomic E-state index is 5.70. The molecule has 0 aliphatic carbocycles. The lowest BCUT2D eigenvalue weighted by Crippen LogP contribution is -1.91. The Morgan fingerprint density at radius 3 is 1.67 bits per heavy atom. The summed E-state index contributed by atoms with van der Waals surface area (Å²) in [5.74, 6) is 0. The van der Waals surface area contributed by atoms with Crippen LogP contribution in [0.15, 0.2) is 36.4 Å². The zero-order valence-electron chi connectivity index (χ0n) is 12.0. The van der Waals surface area contributed by atoms with Gasteiger partial charge in [0.1, 0.15) is 0 Å². The fourth-order valence-electron chi connectivity index (χ4n) is 2.29. The minimum atomic E-state index is 0.811. The largest absolute Gasteiger partial charge is 0.399 e. The summed E-state index contributed by atoms with van der Waals surface area (Å²) in [5.41, 5.74) is 13.0. The summed E-state index contributed by atoms with van der Waals surface area (Å²) in [6.07, 6.45) is 0. The average Bonchev–Trinajstić information content (AvgIpc) is 2.33. The van der Waals surface area contributed by atoms with Crippen molar-refractivity contribution in [1.82, 2.24) is 0 Å². The topological polar surface area (TPSA) is 26.0 Å². The van der Waals surface area contributed by atoms with Gasteiger partial charge in [0.25, 0.3) is 0 Å². The normalized spacial score (nSPS) is 9.61. The van der Waals surface area contributed by atoms with E-state index in [1.54, 1.807) is 0 Å². The number of nitrogens with two attached hydrogens (primary N) is 1. The van der Waals surface area contributed by atoms with E-state index in [1.165, 1.54) is 27.8 Å². The van der Waals surface area contributed by atoms with E-state index in [1.807, 2.05) is 26.0 Å². The number of hydrogen-bond donors (Lipinski definition) is 1. The number of rotatable bonds is 1. The van der Waals surface area contributed by atoms with Gasteiger partial charge >= 0.3 is 0 Å². The summed E-state index contributed by atoms with van der Waals surface area (Å²) in [6, 6.07) is 12.5. The van der Waals surface area contributed by atoms with E-state index in [4.69, 9.17) is 5.73 Å². The number of hydrogen-bond acceptors (Lipinski definition) is 1. The van der Waals surface area contributed by atoms with Crippen LogP contribution in [0.2, 0.25) is 0 Å². The highest BCUT2D eigenvalue weighted by molar-refractivity contribution is 5.72. The van der Waals surface area contributed by atoms with E-state index in [-0.39, 0.29) is 0 Å². The van der Waals surface area contributed by atoms with Crippen molar-refractivity contribution in [3.05, 3.63) is 53.1 Å². The maximum atomic E-state index is 5.70. The molecule has 1 nitrogen and oxygen atoms in total. The van der Waals surface area contributed by atoms with Crippen LogP contribution in [-0.4, -0.2) is 0 Å². The lowest BCUT2D eigenvalue weighted by Gasteiger charge is -2.11. The standard InChI is InChI=1S/C15H17N.C2H6/c1-10-8-11(2)15(12(3)9-10)13-4-6-14(16)7-5-13;1-2/h4-9H,16H2,1-3H3;1-2H3. The SMILES string of the molecule is CC.Cc1cc(C)c(-c2ccc(N)cc2)c(C)c1. The zero-order chi connectivity index (χ0) is 13.7. The molecule has 18 heavy (non-hydrogen) atoms. The molecule has 2 aromatic carbocycles. The van der Waals surface area contributed by atoms with E-state index < -0.39 is 0 Å². The molecule has 0 aliphatic heterocycles. The second kappa shape index (κ2) is 6.25. The Kier molecular flexibility index (Phi) is 4.96. The molecule has 1 heteroatoms. The van der Waals surface area contributed by atoms with Crippen LogP contribution in [0.5, 0.6) is 0 Å². The van der Waals surface area contributed by atoms with Crippen molar-refractivity contribution in [3.63, 3.8) is 0 Å². The molecule has 0 amide bonds. The molecule has 0 fully saturated rings. The maximum Gasteiger partial charge on any atom is 0.0314 e.